The van der Waals surface area contributed by atoms with Crippen LogP contribution in [-0.4, -0.2) is 40.8 Å². The molecule has 6 aliphatic rings. The summed E-state index contributed by atoms with van der Waals surface area (Å²) in [5.74, 6) is -1.62. The van der Waals surface area contributed by atoms with E-state index in [2.05, 4.69) is 20.4 Å². The van der Waals surface area contributed by atoms with Gasteiger partial charge in [0.1, 0.15) is 0 Å². The highest BCUT2D eigenvalue weighted by molar-refractivity contribution is 5.66. The van der Waals surface area contributed by atoms with Gasteiger partial charge in [0.15, 0.2) is 6.10 Å². The van der Waals surface area contributed by atoms with Gasteiger partial charge >= 0.3 is 5.97 Å². The van der Waals surface area contributed by atoms with E-state index in [-0.39, 0.29) is 28.6 Å². The first kappa shape index (κ1) is 18.1. The Morgan fingerprint density at radius 2 is 2.04 bits per heavy atom. The average Bonchev–Trinajstić information content (AvgIpc) is 2.78. The van der Waals surface area contributed by atoms with Gasteiger partial charge in [0, 0.05) is 18.3 Å². The molecule has 0 aromatic carbocycles. The van der Waals surface area contributed by atoms with Gasteiger partial charge in [0.05, 0.1) is 18.1 Å². The van der Waals surface area contributed by atoms with Gasteiger partial charge in [0.2, 0.25) is 5.79 Å². The molecule has 0 radical (unpaired) electrons. The summed E-state index contributed by atoms with van der Waals surface area (Å²) in [4.78, 5) is 12.1. The molecule has 4 aliphatic carbocycles. The van der Waals surface area contributed by atoms with Crippen LogP contribution >= 0.6 is 0 Å². The van der Waals surface area contributed by atoms with E-state index in [0.717, 1.165) is 37.7 Å². The van der Waals surface area contributed by atoms with Gasteiger partial charge in [-0.25, -0.2) is 0 Å². The fourth-order valence-electron chi connectivity index (χ4n) is 8.45. The maximum absolute atomic E-state index is 12.1. The third-order valence-electron chi connectivity index (χ3n) is 9.20. The van der Waals surface area contributed by atoms with Crippen LogP contribution in [0.3, 0.4) is 0 Å². The lowest BCUT2D eigenvalue weighted by molar-refractivity contribution is -0.456. The van der Waals surface area contributed by atoms with Crippen LogP contribution in [0.5, 0.6) is 0 Å². The van der Waals surface area contributed by atoms with Crippen LogP contribution in [-0.2, 0) is 14.3 Å². The third-order valence-corrected chi connectivity index (χ3v) is 9.20. The average molecular weight is 376 g/mol. The molecule has 4 bridgehead atoms. The number of hydrogen-bond donors (Lipinski definition) is 2. The maximum Gasteiger partial charge on any atom is 0.303 e. The highest BCUT2D eigenvalue weighted by atomic mass is 16.7. The van der Waals surface area contributed by atoms with E-state index >= 15 is 0 Å². The van der Waals surface area contributed by atoms with E-state index in [0.29, 0.717) is 13.0 Å². The van der Waals surface area contributed by atoms with Crippen LogP contribution in [0.2, 0.25) is 0 Å². The number of carbonyl (C=O) groups is 1. The van der Waals surface area contributed by atoms with Crippen molar-refractivity contribution in [2.75, 3.05) is 6.61 Å². The van der Waals surface area contributed by atoms with E-state index in [1.54, 1.807) is 0 Å². The van der Waals surface area contributed by atoms with Crippen molar-refractivity contribution in [3.8, 4) is 0 Å². The third kappa shape index (κ3) is 1.85. The summed E-state index contributed by atoms with van der Waals surface area (Å²) in [6.45, 7) is 10.5. The van der Waals surface area contributed by atoms with Crippen LogP contribution in [0.1, 0.15) is 59.3 Å². The van der Waals surface area contributed by atoms with Crippen molar-refractivity contribution < 1.29 is 24.5 Å². The molecule has 0 aromatic rings. The van der Waals surface area contributed by atoms with Crippen molar-refractivity contribution in [2.24, 2.45) is 34.0 Å². The number of hydrogen-bond acceptors (Lipinski definition) is 5. The number of fused-ring (bicyclic) bond motifs is 2. The number of ether oxygens (including phenoxy) is 2. The Morgan fingerprint density at radius 1 is 1.30 bits per heavy atom. The fourth-order valence-corrected chi connectivity index (χ4v) is 8.45. The van der Waals surface area contributed by atoms with E-state index in [9.17, 15) is 15.0 Å². The largest absolute Gasteiger partial charge is 0.456 e. The highest BCUT2D eigenvalue weighted by Crippen LogP contribution is 2.77. The molecule has 2 spiro atoms. The summed E-state index contributed by atoms with van der Waals surface area (Å²) >= 11 is 0. The van der Waals surface area contributed by atoms with Crippen molar-refractivity contribution >= 4 is 5.97 Å². The van der Waals surface area contributed by atoms with Gasteiger partial charge in [-0.15, -0.1) is 0 Å². The Morgan fingerprint density at radius 3 is 2.74 bits per heavy atom. The first-order valence-electron chi connectivity index (χ1n) is 10.5. The lowest BCUT2D eigenvalue weighted by Gasteiger charge is -2.74. The maximum atomic E-state index is 12.1. The second-order valence-electron chi connectivity index (χ2n) is 10.6. The molecule has 6 fully saturated rings. The monoisotopic (exact) mass is 376 g/mol. The Hall–Kier alpha value is -0.910. The number of rotatable bonds is 1. The number of esters is 1. The van der Waals surface area contributed by atoms with Crippen molar-refractivity contribution in [1.82, 2.24) is 0 Å². The van der Waals surface area contributed by atoms with Crippen LogP contribution in [0.25, 0.3) is 0 Å². The van der Waals surface area contributed by atoms with Crippen molar-refractivity contribution in [3.05, 3.63) is 12.2 Å². The summed E-state index contributed by atoms with van der Waals surface area (Å²) in [6.07, 6.45) is 4.29. The predicted octanol–water partition coefficient (Wildman–Crippen LogP) is 2.80. The normalized spacial score (nSPS) is 55.0. The Bertz CT molecular complexity index is 715. The second-order valence-corrected chi connectivity index (χ2v) is 10.6. The first-order valence-corrected chi connectivity index (χ1v) is 10.5. The molecule has 150 valence electrons. The zero-order valence-electron chi connectivity index (χ0n) is 16.7. The van der Waals surface area contributed by atoms with Crippen molar-refractivity contribution in [3.63, 3.8) is 0 Å². The van der Waals surface area contributed by atoms with Crippen LogP contribution in [0.4, 0.5) is 0 Å². The molecule has 0 aromatic heterocycles. The van der Waals surface area contributed by atoms with Gasteiger partial charge in [-0.1, -0.05) is 26.8 Å². The molecule has 6 rings (SSSR count). The molecular formula is C22H32O5. The molecule has 4 saturated carbocycles. The standard InChI is InChI=1S/C22H32O5/c1-12-14-6-7-15-20-9-5-8-19(3,4)16(20)18(27-13(2)23)22(25,26-11-20)21(15,10-14)17(12)24/h14-18,24-25H,1,5-11H2,2-4H3. The van der Waals surface area contributed by atoms with E-state index in [4.69, 9.17) is 9.47 Å². The Kier molecular flexibility index (Phi) is 3.47. The van der Waals surface area contributed by atoms with Crippen LogP contribution in [0.15, 0.2) is 12.2 Å². The minimum absolute atomic E-state index is 0.0367. The lowest BCUT2D eigenvalue weighted by atomic mass is 9.36. The smallest absolute Gasteiger partial charge is 0.303 e. The van der Waals surface area contributed by atoms with Gasteiger partial charge in [-0.2, -0.15) is 0 Å². The van der Waals surface area contributed by atoms with E-state index < -0.39 is 29.4 Å². The van der Waals surface area contributed by atoms with Gasteiger partial charge in [-0.3, -0.25) is 4.79 Å². The lowest BCUT2D eigenvalue weighted by Crippen LogP contribution is -2.82. The summed E-state index contributed by atoms with van der Waals surface area (Å²) in [7, 11) is 0. The summed E-state index contributed by atoms with van der Waals surface area (Å²) in [5, 5.41) is 23.4. The molecule has 8 atom stereocenters. The second kappa shape index (κ2) is 5.17. The van der Waals surface area contributed by atoms with Gasteiger partial charge < -0.3 is 19.7 Å². The minimum Gasteiger partial charge on any atom is -0.456 e. The molecular weight excluding hydrogens is 344 g/mol. The van der Waals surface area contributed by atoms with E-state index in [1.807, 2.05) is 0 Å². The molecule has 2 saturated heterocycles. The van der Waals surface area contributed by atoms with Gasteiger partial charge in [-0.05, 0) is 54.9 Å². The van der Waals surface area contributed by atoms with Crippen LogP contribution in [0, 0.1) is 34.0 Å². The highest BCUT2D eigenvalue weighted by Gasteiger charge is 2.83. The zero-order valence-corrected chi connectivity index (χ0v) is 16.7. The molecule has 0 amide bonds. The molecule has 5 nitrogen and oxygen atoms in total. The molecule has 2 aliphatic heterocycles. The summed E-state index contributed by atoms with van der Waals surface area (Å²) in [5.41, 5.74) is -0.209. The number of aliphatic hydroxyl groups excluding tert-OH is 1. The zero-order chi connectivity index (χ0) is 19.4. The molecule has 27 heavy (non-hydrogen) atoms. The van der Waals surface area contributed by atoms with Crippen molar-refractivity contribution in [1.29, 1.82) is 0 Å². The summed E-state index contributed by atoms with van der Waals surface area (Å²) in [6, 6.07) is 0. The first-order chi connectivity index (χ1) is 12.6. The predicted molar refractivity (Wildman–Crippen MR) is 98.4 cm³/mol. The number of aliphatic hydroxyl groups is 2. The molecule has 8 unspecified atom stereocenters. The minimum atomic E-state index is -1.65. The molecule has 2 heterocycles. The number of carbonyl (C=O) groups excluding carboxylic acids is 1. The summed E-state index contributed by atoms with van der Waals surface area (Å²) < 4.78 is 12.1. The quantitative estimate of drug-likeness (QED) is 0.544. The topological polar surface area (TPSA) is 76.0 Å². The Balaban J connectivity index is 1.75. The van der Waals surface area contributed by atoms with Crippen molar-refractivity contribution in [2.45, 2.75) is 77.3 Å². The Labute approximate surface area is 161 Å². The SMILES string of the molecule is C=C1C2CCC3C45CCCC(C)(C)C4C(OC(C)=O)C(O)(OC5)C3(C2)C1O. The van der Waals surface area contributed by atoms with Gasteiger partial charge in [0.25, 0.3) is 0 Å². The van der Waals surface area contributed by atoms with Crippen LogP contribution < -0.4 is 0 Å². The molecule has 5 heteroatoms. The molecule has 2 N–H and O–H groups in total. The van der Waals surface area contributed by atoms with E-state index in [1.165, 1.54) is 6.92 Å². The fraction of sp³-hybridized carbons (Fsp3) is 0.864.